The van der Waals surface area contributed by atoms with E-state index in [2.05, 4.69) is 43.4 Å². The number of carbonyl (C=O) groups excluding carboxylic acids is 4. The van der Waals surface area contributed by atoms with Gasteiger partial charge in [0.15, 0.2) is 0 Å². The average molecular weight is 701 g/mol. The molecule has 16 nitrogen and oxygen atoms in total. The predicted molar refractivity (Wildman–Crippen MR) is 195 cm³/mol. The number of nitrogens with one attached hydrogen (secondary N) is 4. The molecule has 0 radical (unpaired) electrons. The summed E-state index contributed by atoms with van der Waals surface area (Å²) in [5.74, 6) is -0.505. The summed E-state index contributed by atoms with van der Waals surface area (Å²) in [5, 5.41) is 31.9. The molecule has 4 aromatic rings. The lowest BCUT2D eigenvalue weighted by Gasteiger charge is -2.21. The number of pyridine rings is 2. The topological polar surface area (TPSA) is 248 Å². The van der Waals surface area contributed by atoms with Crippen LogP contribution in [-0.2, 0) is 9.59 Å². The number of rotatable bonds is 6. The minimum atomic E-state index is -0.261. The van der Waals surface area contributed by atoms with Gasteiger partial charge in [0.2, 0.25) is 11.8 Å². The van der Waals surface area contributed by atoms with Crippen molar-refractivity contribution in [3.63, 3.8) is 0 Å². The zero-order chi connectivity index (χ0) is 36.8. The number of nitrogens with zero attached hydrogens (tertiary/aromatic N) is 6. The first-order valence-corrected chi connectivity index (χ1v) is 16.9. The SMILES string of the molecule is CC1CNC(=O)N1c1cc(N)c2cnc(NC(=O)[C@@H]3C[C@H]3C#N)cc2c1.CC1CNC(=O)N1c1cc(N)c2cnc(NC(=O)[C@H]3C[C@@H]3C#N)cc2c1. The third-order valence-electron chi connectivity index (χ3n) is 9.77. The zero-order valence-electron chi connectivity index (χ0n) is 28.4. The first-order valence-electron chi connectivity index (χ1n) is 16.9. The van der Waals surface area contributed by atoms with Crippen molar-refractivity contribution >= 4 is 79.8 Å². The Labute approximate surface area is 298 Å². The van der Waals surface area contributed by atoms with Gasteiger partial charge in [-0.15, -0.1) is 0 Å². The fourth-order valence-electron chi connectivity index (χ4n) is 6.61. The lowest BCUT2D eigenvalue weighted by atomic mass is 10.1. The number of hydrogen-bond acceptors (Lipinski definition) is 10. The number of nitriles is 2. The number of hydrogen-bond donors (Lipinski definition) is 6. The number of carbonyl (C=O) groups is 4. The molecule has 2 aliphatic heterocycles. The standard InChI is InChI=1S/2C18H18N6O2/c2*1-9-7-22-18(26)24(9)12-2-10-4-16(21-8-14(10)15(20)5-12)23-17(25)13-3-11(13)6-19/h2*2,4-5,8-9,11,13H,3,7,20H2,1H3,(H,22,26)(H,21,23,25)/t2*9?,11-,13+/m10/s1. The van der Waals surface area contributed by atoms with Crippen LogP contribution in [0.5, 0.6) is 0 Å². The summed E-state index contributed by atoms with van der Waals surface area (Å²) < 4.78 is 0. The maximum atomic E-state index is 12.1. The highest BCUT2D eigenvalue weighted by molar-refractivity contribution is 6.04. The molecule has 2 aromatic heterocycles. The molecule has 0 bridgehead atoms. The van der Waals surface area contributed by atoms with E-state index >= 15 is 0 Å². The molecule has 4 fully saturated rings. The molecule has 264 valence electrons. The first kappa shape index (κ1) is 33.8. The monoisotopic (exact) mass is 700 g/mol. The van der Waals surface area contributed by atoms with Crippen molar-refractivity contribution in [3.8, 4) is 12.1 Å². The highest BCUT2D eigenvalue weighted by Gasteiger charge is 2.44. The molecular weight excluding hydrogens is 664 g/mol. The number of benzene rings is 2. The molecular formula is C36H36N12O4. The van der Waals surface area contributed by atoms with Crippen LogP contribution in [0.2, 0.25) is 0 Å². The number of aromatic nitrogens is 2. The van der Waals surface area contributed by atoms with Crippen molar-refractivity contribution in [2.75, 3.05) is 45.0 Å². The van der Waals surface area contributed by atoms with E-state index in [0.29, 0.717) is 60.3 Å². The third-order valence-corrected chi connectivity index (χ3v) is 9.77. The summed E-state index contributed by atoms with van der Waals surface area (Å²) in [6.45, 7) is 5.07. The van der Waals surface area contributed by atoms with E-state index in [0.717, 1.165) is 21.5 Å². The average Bonchev–Trinajstić information content (AvgIpc) is 4.02. The highest BCUT2D eigenvalue weighted by atomic mass is 16.2. The van der Waals surface area contributed by atoms with Gasteiger partial charge in [-0.2, -0.15) is 10.5 Å². The number of anilines is 6. The van der Waals surface area contributed by atoms with Crippen molar-refractivity contribution in [1.82, 2.24) is 20.6 Å². The van der Waals surface area contributed by atoms with Gasteiger partial charge in [-0.3, -0.25) is 19.4 Å². The highest BCUT2D eigenvalue weighted by Crippen LogP contribution is 2.40. The van der Waals surface area contributed by atoms with Gasteiger partial charge in [0, 0.05) is 59.0 Å². The maximum Gasteiger partial charge on any atom is 0.322 e. The van der Waals surface area contributed by atoms with Crippen LogP contribution >= 0.6 is 0 Å². The van der Waals surface area contributed by atoms with Crippen LogP contribution in [0.1, 0.15) is 26.7 Å². The summed E-state index contributed by atoms with van der Waals surface area (Å²) in [6, 6.07) is 14.6. The first-order chi connectivity index (χ1) is 24.9. The molecule has 2 saturated heterocycles. The Kier molecular flexibility index (Phi) is 8.59. The minimum Gasteiger partial charge on any atom is -0.398 e. The summed E-state index contributed by atoms with van der Waals surface area (Å²) in [7, 11) is 0. The molecule has 4 heterocycles. The molecule has 2 aliphatic carbocycles. The molecule has 8 N–H and O–H groups in total. The van der Waals surface area contributed by atoms with Crippen molar-refractivity contribution in [2.45, 2.75) is 38.8 Å². The van der Waals surface area contributed by atoms with Crippen LogP contribution in [-0.4, -0.2) is 59.0 Å². The van der Waals surface area contributed by atoms with Gasteiger partial charge in [-0.1, -0.05) is 0 Å². The van der Waals surface area contributed by atoms with Crippen molar-refractivity contribution in [2.24, 2.45) is 23.7 Å². The summed E-state index contributed by atoms with van der Waals surface area (Å²) >= 11 is 0. The van der Waals surface area contributed by atoms with Gasteiger partial charge in [-0.25, -0.2) is 19.6 Å². The van der Waals surface area contributed by atoms with Crippen LogP contribution in [0.25, 0.3) is 21.5 Å². The van der Waals surface area contributed by atoms with Crippen molar-refractivity contribution < 1.29 is 19.2 Å². The van der Waals surface area contributed by atoms with Crippen molar-refractivity contribution in [1.29, 1.82) is 10.5 Å². The normalized spacial score (nSPS) is 24.2. The number of urea groups is 2. The van der Waals surface area contributed by atoms with Crippen LogP contribution < -0.4 is 42.5 Å². The Hall–Kier alpha value is -6.68. The van der Waals surface area contributed by atoms with E-state index in [1.807, 2.05) is 26.0 Å². The summed E-state index contributed by atoms with van der Waals surface area (Å²) in [6.07, 6.45) is 4.39. The molecule has 6 atom stereocenters. The molecule has 2 saturated carbocycles. The lowest BCUT2D eigenvalue weighted by Crippen LogP contribution is -2.32. The summed E-state index contributed by atoms with van der Waals surface area (Å²) in [5.41, 5.74) is 14.7. The van der Waals surface area contributed by atoms with Gasteiger partial charge in [0.1, 0.15) is 11.6 Å². The third kappa shape index (κ3) is 6.49. The quantitative estimate of drug-likeness (QED) is 0.159. The van der Waals surface area contributed by atoms with E-state index in [-0.39, 0.29) is 59.6 Å². The van der Waals surface area contributed by atoms with E-state index < -0.39 is 0 Å². The molecule has 8 rings (SSSR count). The van der Waals surface area contributed by atoms with Gasteiger partial charge in [0.25, 0.3) is 0 Å². The number of amides is 6. The number of nitrogens with two attached hydrogens (primary N) is 2. The summed E-state index contributed by atoms with van der Waals surface area (Å²) in [4.78, 5) is 60.2. The Morgan fingerprint density at radius 2 is 1.13 bits per heavy atom. The minimum absolute atomic E-state index is 0.0261. The second-order valence-corrected chi connectivity index (χ2v) is 13.6. The Balaban J connectivity index is 0.000000162. The van der Waals surface area contributed by atoms with Gasteiger partial charge in [0.05, 0.1) is 47.9 Å². The molecule has 2 aromatic carbocycles. The smallest absolute Gasteiger partial charge is 0.322 e. The van der Waals surface area contributed by atoms with E-state index in [1.54, 1.807) is 46.5 Å². The Morgan fingerprint density at radius 3 is 1.46 bits per heavy atom. The van der Waals surface area contributed by atoms with Gasteiger partial charge in [-0.05, 0) is 73.9 Å². The fraction of sp³-hybridized carbons (Fsp3) is 0.333. The number of nitrogen functional groups attached to an aromatic ring is 2. The largest absolute Gasteiger partial charge is 0.398 e. The molecule has 6 amide bonds. The van der Waals surface area contributed by atoms with Gasteiger partial charge < -0.3 is 32.7 Å². The maximum absolute atomic E-state index is 12.1. The predicted octanol–water partition coefficient (Wildman–Crippen LogP) is 3.67. The molecule has 2 unspecified atom stereocenters. The van der Waals surface area contributed by atoms with Gasteiger partial charge >= 0.3 is 12.1 Å². The molecule has 4 aliphatic rings. The molecule has 0 spiro atoms. The Bertz CT molecular complexity index is 2090. The van der Waals surface area contributed by atoms with Crippen LogP contribution in [0.4, 0.5) is 44.0 Å². The molecule has 52 heavy (non-hydrogen) atoms. The Morgan fingerprint density at radius 1 is 0.731 bits per heavy atom. The second-order valence-electron chi connectivity index (χ2n) is 13.6. The van der Waals surface area contributed by atoms with Crippen LogP contribution in [0, 0.1) is 46.3 Å². The van der Waals surface area contributed by atoms with Crippen LogP contribution in [0.15, 0.2) is 48.8 Å². The van der Waals surface area contributed by atoms with E-state index in [1.165, 1.54) is 0 Å². The van der Waals surface area contributed by atoms with Crippen molar-refractivity contribution in [3.05, 3.63) is 48.8 Å². The van der Waals surface area contributed by atoms with E-state index in [4.69, 9.17) is 22.0 Å². The van der Waals surface area contributed by atoms with Crippen LogP contribution in [0.3, 0.4) is 0 Å². The molecule has 16 heteroatoms. The number of fused-ring (bicyclic) bond motifs is 2. The fourth-order valence-corrected chi connectivity index (χ4v) is 6.61. The van der Waals surface area contributed by atoms with E-state index in [9.17, 15) is 19.2 Å². The lowest BCUT2D eigenvalue weighted by molar-refractivity contribution is -0.118. The zero-order valence-corrected chi connectivity index (χ0v) is 28.4. The second kappa shape index (κ2) is 13.2.